The number of nitriles is 1. The minimum Gasteiger partial charge on any atom is -0.277 e. The van der Waals surface area contributed by atoms with Gasteiger partial charge in [0, 0.05) is 12.1 Å². The van der Waals surface area contributed by atoms with Gasteiger partial charge in [-0.3, -0.25) is 4.90 Å². The lowest BCUT2D eigenvalue weighted by Crippen LogP contribution is -2.32. The van der Waals surface area contributed by atoms with Crippen molar-refractivity contribution >= 4 is 0 Å². The van der Waals surface area contributed by atoms with Gasteiger partial charge >= 0.3 is 0 Å². The lowest BCUT2D eigenvalue weighted by Gasteiger charge is -2.23. The standard InChI is InChI=1S/C10H18N2/c1-5-6-10(7-11)8-12(10)9(2,3)4/h5-6,8H2,1-4H3. The van der Waals surface area contributed by atoms with E-state index in [1.165, 1.54) is 0 Å². The molecule has 2 nitrogen and oxygen atoms in total. The van der Waals surface area contributed by atoms with Crippen molar-refractivity contribution < 1.29 is 0 Å². The van der Waals surface area contributed by atoms with E-state index in [0.29, 0.717) is 0 Å². The largest absolute Gasteiger partial charge is 0.277 e. The van der Waals surface area contributed by atoms with E-state index in [0.717, 1.165) is 19.4 Å². The third-order valence-corrected chi connectivity index (χ3v) is 2.51. The molecule has 2 atom stereocenters. The van der Waals surface area contributed by atoms with Crippen LogP contribution in [0.25, 0.3) is 0 Å². The van der Waals surface area contributed by atoms with Gasteiger partial charge in [0.05, 0.1) is 6.07 Å². The maximum atomic E-state index is 9.03. The van der Waals surface area contributed by atoms with Gasteiger partial charge in [0.15, 0.2) is 0 Å². The average Bonchev–Trinajstić information content (AvgIpc) is 2.64. The molecule has 0 aromatic heterocycles. The average molecular weight is 166 g/mol. The van der Waals surface area contributed by atoms with E-state index in [1.54, 1.807) is 0 Å². The first kappa shape index (κ1) is 9.54. The molecule has 12 heavy (non-hydrogen) atoms. The van der Waals surface area contributed by atoms with E-state index in [4.69, 9.17) is 5.26 Å². The molecule has 2 heteroatoms. The minimum atomic E-state index is -0.118. The van der Waals surface area contributed by atoms with Crippen molar-refractivity contribution in [2.45, 2.75) is 51.6 Å². The monoisotopic (exact) mass is 166 g/mol. The molecule has 0 aromatic carbocycles. The predicted molar refractivity (Wildman–Crippen MR) is 49.7 cm³/mol. The Balaban J connectivity index is 2.63. The maximum absolute atomic E-state index is 9.03. The summed E-state index contributed by atoms with van der Waals surface area (Å²) >= 11 is 0. The van der Waals surface area contributed by atoms with Crippen molar-refractivity contribution in [1.29, 1.82) is 5.26 Å². The zero-order valence-electron chi connectivity index (χ0n) is 8.52. The van der Waals surface area contributed by atoms with Crippen LogP contribution in [0.4, 0.5) is 0 Å². The Hall–Kier alpha value is -0.550. The second-order valence-electron chi connectivity index (χ2n) is 4.65. The Morgan fingerprint density at radius 3 is 2.33 bits per heavy atom. The highest BCUT2D eigenvalue weighted by Gasteiger charge is 2.56. The maximum Gasteiger partial charge on any atom is 0.122 e. The topological polar surface area (TPSA) is 26.8 Å². The van der Waals surface area contributed by atoms with Crippen molar-refractivity contribution in [1.82, 2.24) is 4.90 Å². The number of hydrogen-bond acceptors (Lipinski definition) is 2. The Kier molecular flexibility index (Phi) is 2.18. The van der Waals surface area contributed by atoms with Gasteiger partial charge in [0.25, 0.3) is 0 Å². The SMILES string of the molecule is CCCC1(C#N)CN1C(C)(C)C. The molecule has 0 N–H and O–H groups in total. The van der Waals surface area contributed by atoms with Gasteiger partial charge in [0.2, 0.25) is 0 Å². The first-order valence-electron chi connectivity index (χ1n) is 4.65. The van der Waals surface area contributed by atoms with E-state index in [-0.39, 0.29) is 11.1 Å². The third-order valence-electron chi connectivity index (χ3n) is 2.51. The van der Waals surface area contributed by atoms with E-state index in [9.17, 15) is 0 Å². The first-order chi connectivity index (χ1) is 5.46. The van der Waals surface area contributed by atoms with Crippen LogP contribution in [-0.4, -0.2) is 22.5 Å². The molecule has 1 rings (SSSR count). The normalized spacial score (nSPS) is 34.4. The zero-order chi connectivity index (χ0) is 9.41. The van der Waals surface area contributed by atoms with Gasteiger partial charge in [0.1, 0.15) is 5.54 Å². The van der Waals surface area contributed by atoms with Crippen LogP contribution >= 0.6 is 0 Å². The lowest BCUT2D eigenvalue weighted by atomic mass is 10.0. The first-order valence-corrected chi connectivity index (χ1v) is 4.65. The molecule has 0 aliphatic carbocycles. The molecule has 1 aliphatic heterocycles. The van der Waals surface area contributed by atoms with Gasteiger partial charge in [-0.25, -0.2) is 0 Å². The fraction of sp³-hybridized carbons (Fsp3) is 0.900. The molecule has 1 heterocycles. The molecule has 68 valence electrons. The van der Waals surface area contributed by atoms with Crippen LogP contribution in [-0.2, 0) is 0 Å². The van der Waals surface area contributed by atoms with E-state index in [2.05, 4.69) is 38.7 Å². The Morgan fingerprint density at radius 2 is 2.08 bits per heavy atom. The van der Waals surface area contributed by atoms with Crippen LogP contribution in [0.2, 0.25) is 0 Å². The smallest absolute Gasteiger partial charge is 0.122 e. The molecule has 0 aromatic rings. The Labute approximate surface area is 75.2 Å². The summed E-state index contributed by atoms with van der Waals surface area (Å²) in [4.78, 5) is 2.28. The fourth-order valence-corrected chi connectivity index (χ4v) is 1.88. The van der Waals surface area contributed by atoms with Gasteiger partial charge in [-0.05, 0) is 27.2 Å². The summed E-state index contributed by atoms with van der Waals surface area (Å²) in [6.45, 7) is 9.60. The summed E-state index contributed by atoms with van der Waals surface area (Å²) in [6, 6.07) is 2.44. The summed E-state index contributed by atoms with van der Waals surface area (Å²) in [6.07, 6.45) is 2.11. The van der Waals surface area contributed by atoms with Crippen molar-refractivity contribution in [2.24, 2.45) is 0 Å². The van der Waals surface area contributed by atoms with E-state index in [1.807, 2.05) is 0 Å². The third kappa shape index (κ3) is 1.47. The quantitative estimate of drug-likeness (QED) is 0.588. The number of hydrogen-bond donors (Lipinski definition) is 0. The highest BCUT2D eigenvalue weighted by molar-refractivity contribution is 5.24. The highest BCUT2D eigenvalue weighted by Crippen LogP contribution is 2.42. The van der Waals surface area contributed by atoms with Crippen molar-refractivity contribution in [3.8, 4) is 6.07 Å². The van der Waals surface area contributed by atoms with Crippen molar-refractivity contribution in [3.05, 3.63) is 0 Å². The van der Waals surface area contributed by atoms with Gasteiger partial charge in [-0.2, -0.15) is 5.26 Å². The van der Waals surface area contributed by atoms with Crippen LogP contribution in [0.1, 0.15) is 40.5 Å². The molecule has 0 bridgehead atoms. The summed E-state index contributed by atoms with van der Waals surface area (Å²) in [5, 5.41) is 9.03. The molecular formula is C10H18N2. The molecular weight excluding hydrogens is 148 g/mol. The molecule has 0 amide bonds. The molecule has 1 fully saturated rings. The highest BCUT2D eigenvalue weighted by atomic mass is 15.4. The van der Waals surface area contributed by atoms with Crippen LogP contribution in [0.15, 0.2) is 0 Å². The summed E-state index contributed by atoms with van der Waals surface area (Å²) < 4.78 is 0. The summed E-state index contributed by atoms with van der Waals surface area (Å²) in [7, 11) is 0. The summed E-state index contributed by atoms with van der Waals surface area (Å²) in [5.41, 5.74) is 0.0396. The van der Waals surface area contributed by atoms with Gasteiger partial charge in [-0.15, -0.1) is 0 Å². The molecule has 2 unspecified atom stereocenters. The number of nitrogens with zero attached hydrogens (tertiary/aromatic N) is 2. The fourth-order valence-electron chi connectivity index (χ4n) is 1.88. The Morgan fingerprint density at radius 1 is 1.50 bits per heavy atom. The molecule has 0 saturated carbocycles. The minimum absolute atomic E-state index is 0.118. The van der Waals surface area contributed by atoms with Crippen LogP contribution in [0, 0.1) is 11.3 Å². The van der Waals surface area contributed by atoms with Crippen LogP contribution < -0.4 is 0 Å². The van der Waals surface area contributed by atoms with E-state index < -0.39 is 0 Å². The second-order valence-corrected chi connectivity index (χ2v) is 4.65. The van der Waals surface area contributed by atoms with E-state index >= 15 is 0 Å². The predicted octanol–water partition coefficient (Wildman–Crippen LogP) is 2.16. The molecule has 1 aliphatic rings. The van der Waals surface area contributed by atoms with Gasteiger partial charge < -0.3 is 0 Å². The Bertz CT molecular complexity index is 209. The van der Waals surface area contributed by atoms with Gasteiger partial charge in [-0.1, -0.05) is 13.3 Å². The van der Waals surface area contributed by atoms with Crippen LogP contribution in [0.3, 0.4) is 0 Å². The second kappa shape index (κ2) is 2.74. The lowest BCUT2D eigenvalue weighted by molar-refractivity contribution is 0.259. The molecule has 0 spiro atoms. The van der Waals surface area contributed by atoms with Crippen molar-refractivity contribution in [2.75, 3.05) is 6.54 Å². The van der Waals surface area contributed by atoms with Crippen molar-refractivity contribution in [3.63, 3.8) is 0 Å². The van der Waals surface area contributed by atoms with Crippen LogP contribution in [0.5, 0.6) is 0 Å². The zero-order valence-corrected chi connectivity index (χ0v) is 8.52. The molecule has 1 saturated heterocycles. The number of rotatable bonds is 2. The summed E-state index contributed by atoms with van der Waals surface area (Å²) in [5.74, 6) is 0. The molecule has 0 radical (unpaired) electrons.